The van der Waals surface area contributed by atoms with Crippen LogP contribution in [0.25, 0.3) is 0 Å². The summed E-state index contributed by atoms with van der Waals surface area (Å²) in [5.41, 5.74) is 1.91. The average molecular weight is 219 g/mol. The minimum Gasteiger partial charge on any atom is -0.246 e. The van der Waals surface area contributed by atoms with Gasteiger partial charge in [0.25, 0.3) is 0 Å². The molecule has 0 amide bonds. The summed E-state index contributed by atoms with van der Waals surface area (Å²) in [6.07, 6.45) is 0. The fourth-order valence-electron chi connectivity index (χ4n) is 0.0883. The summed E-state index contributed by atoms with van der Waals surface area (Å²) in [7, 11) is 1.55. The number of nitrogens with one attached hydrogen (secondary N) is 1. The van der Waals surface area contributed by atoms with Crippen molar-refractivity contribution in [2.75, 3.05) is 7.05 Å². The summed E-state index contributed by atoms with van der Waals surface area (Å²) >= 11 is 1.64. The van der Waals surface area contributed by atoms with Crippen LogP contribution in [0.3, 0.4) is 0 Å². The second-order valence-electron chi connectivity index (χ2n) is 0.718. The zero-order valence-electron chi connectivity index (χ0n) is 3.72. The largest absolute Gasteiger partial charge is 0.246 e. The molecule has 6 heteroatoms. The van der Waals surface area contributed by atoms with E-state index in [1.807, 2.05) is 5.59 Å². The van der Waals surface area contributed by atoms with Crippen LogP contribution in [0.2, 0.25) is 0 Å². The Morgan fingerprint density at radius 1 is 1.86 bits per heavy atom. The lowest BCUT2D eigenvalue weighted by atomic mass is 11.5. The van der Waals surface area contributed by atoms with Crippen molar-refractivity contribution < 1.29 is 8.11 Å². The zero-order valence-corrected chi connectivity index (χ0v) is 5.88. The van der Waals surface area contributed by atoms with E-state index in [0.717, 1.165) is 5.23 Å². The van der Waals surface area contributed by atoms with Crippen molar-refractivity contribution >= 4 is 23.0 Å². The van der Waals surface area contributed by atoms with Crippen LogP contribution in [0.4, 0.5) is 0 Å². The smallest absolute Gasteiger partial charge is 0.140 e. The highest BCUT2D eigenvalue weighted by Gasteiger charge is 1.89. The Bertz CT molecular complexity index is 43.9. The monoisotopic (exact) mass is 219 g/mol. The molecule has 0 fully saturated rings. The van der Waals surface area contributed by atoms with Gasteiger partial charge in [0.05, 0.1) is 0 Å². The average Bonchev–Trinajstić information content (AvgIpc) is 1.68. The van der Waals surface area contributed by atoms with E-state index in [1.54, 1.807) is 30.1 Å². The number of hydrazine groups is 1. The van der Waals surface area contributed by atoms with Gasteiger partial charge in [0, 0.05) is 7.05 Å². The van der Waals surface area contributed by atoms with Gasteiger partial charge in [-0.1, -0.05) is 0 Å². The highest BCUT2D eigenvalue weighted by Crippen LogP contribution is 1.88. The first-order valence-corrected chi connectivity index (χ1v) is 2.34. The number of hydrogen-bond donors (Lipinski definition) is 2. The van der Waals surface area contributed by atoms with Gasteiger partial charge in [0.15, 0.2) is 0 Å². The fraction of sp³-hybridized carbons (Fsp3) is 1.00. The van der Waals surface area contributed by atoms with Crippen LogP contribution in [0, 0.1) is 0 Å². The van der Waals surface area contributed by atoms with Crippen LogP contribution in [0.1, 0.15) is 0 Å². The van der Waals surface area contributed by atoms with Crippen molar-refractivity contribution in [3.8, 4) is 0 Å². The standard InChI is InChI=1S/CH6IN3O2/c1-5(6-2)7-4-3/h4H,3H2,1H3. The molecular weight excluding hydrogens is 213 g/mol. The van der Waals surface area contributed by atoms with Crippen LogP contribution in [-0.4, -0.2) is 12.3 Å². The summed E-state index contributed by atoms with van der Waals surface area (Å²) in [5, 5.41) is 1.06. The number of halogens is 1. The number of hydrogen-bond acceptors (Lipinski definition) is 5. The molecule has 0 rings (SSSR count). The van der Waals surface area contributed by atoms with Gasteiger partial charge < -0.3 is 0 Å². The molecule has 0 saturated heterocycles. The van der Waals surface area contributed by atoms with Crippen LogP contribution >= 0.6 is 23.0 Å². The zero-order chi connectivity index (χ0) is 5.70. The van der Waals surface area contributed by atoms with Crippen molar-refractivity contribution in [2.45, 2.75) is 0 Å². The molecule has 0 radical (unpaired) electrons. The molecule has 0 bridgehead atoms. The van der Waals surface area contributed by atoms with Crippen LogP contribution < -0.4 is 11.4 Å². The third-order valence-electron chi connectivity index (χ3n) is 0.278. The third-order valence-corrected chi connectivity index (χ3v) is 0.833. The maximum Gasteiger partial charge on any atom is 0.140 e. The van der Waals surface area contributed by atoms with Gasteiger partial charge in [-0.05, 0) is 5.23 Å². The molecule has 0 aromatic carbocycles. The van der Waals surface area contributed by atoms with Gasteiger partial charge in [0.2, 0.25) is 0 Å². The van der Waals surface area contributed by atoms with Crippen molar-refractivity contribution in [2.24, 2.45) is 5.84 Å². The molecule has 0 unspecified atom stereocenters. The number of nitrogens with zero attached hydrogens (tertiary/aromatic N) is 1. The third kappa shape index (κ3) is 4.38. The van der Waals surface area contributed by atoms with Gasteiger partial charge in [-0.2, -0.15) is 4.94 Å². The number of hydroxylamine groups is 2. The fourth-order valence-corrected chi connectivity index (χ4v) is 0.169. The molecule has 0 saturated carbocycles. The van der Waals surface area contributed by atoms with E-state index in [-0.39, 0.29) is 0 Å². The topological polar surface area (TPSA) is 59.8 Å². The number of nitrogens with two attached hydrogens (primary N) is 1. The molecule has 0 aromatic rings. The maximum absolute atomic E-state index is 4.71. The molecule has 0 heterocycles. The molecule has 0 aromatic heterocycles. The lowest BCUT2D eigenvalue weighted by Crippen LogP contribution is -2.30. The lowest BCUT2D eigenvalue weighted by molar-refractivity contribution is -0.316. The van der Waals surface area contributed by atoms with Gasteiger partial charge in [-0.3, -0.25) is 0 Å². The molecule has 7 heavy (non-hydrogen) atoms. The molecular formula is CH6IN3O2. The minimum absolute atomic E-state index is 1.06. The Morgan fingerprint density at radius 2 is 2.43 bits per heavy atom. The van der Waals surface area contributed by atoms with Crippen LogP contribution in [-0.2, 0) is 8.11 Å². The summed E-state index contributed by atoms with van der Waals surface area (Å²) in [6, 6.07) is 0. The van der Waals surface area contributed by atoms with Crippen molar-refractivity contribution in [3.63, 3.8) is 0 Å². The van der Waals surface area contributed by atoms with Crippen molar-refractivity contribution in [3.05, 3.63) is 0 Å². The van der Waals surface area contributed by atoms with Crippen LogP contribution in [0.5, 0.6) is 0 Å². The molecule has 0 aliphatic heterocycles. The highest BCUT2D eigenvalue weighted by atomic mass is 127. The Hall–Kier alpha value is 0.530. The van der Waals surface area contributed by atoms with Gasteiger partial charge in [-0.15, -0.1) is 5.59 Å². The summed E-state index contributed by atoms with van der Waals surface area (Å²) in [4.78, 5) is 4.32. The number of rotatable bonds is 3. The van der Waals surface area contributed by atoms with Gasteiger partial charge in [-0.25, -0.2) is 9.01 Å². The quantitative estimate of drug-likeness (QED) is 0.381. The Morgan fingerprint density at radius 3 is 2.57 bits per heavy atom. The van der Waals surface area contributed by atoms with Gasteiger partial charge in [0.1, 0.15) is 23.0 Å². The Labute approximate surface area is 55.3 Å². The highest BCUT2D eigenvalue weighted by molar-refractivity contribution is 14.1. The lowest BCUT2D eigenvalue weighted by Gasteiger charge is -2.07. The first-order chi connectivity index (χ1) is 3.31. The Balaban J connectivity index is 2.83. The van der Waals surface area contributed by atoms with Crippen molar-refractivity contribution in [1.29, 1.82) is 0 Å². The predicted molar refractivity (Wildman–Crippen MR) is 31.3 cm³/mol. The second-order valence-corrected chi connectivity index (χ2v) is 1.11. The molecule has 5 nitrogen and oxygen atoms in total. The van der Waals surface area contributed by atoms with E-state index in [0.29, 0.717) is 0 Å². The maximum atomic E-state index is 4.71. The first kappa shape index (κ1) is 7.53. The van der Waals surface area contributed by atoms with E-state index in [9.17, 15) is 0 Å². The normalized spacial score (nSPS) is 10.3. The van der Waals surface area contributed by atoms with E-state index in [2.05, 4.69) is 8.11 Å². The van der Waals surface area contributed by atoms with E-state index in [4.69, 9.17) is 5.84 Å². The molecule has 3 N–H and O–H groups in total. The summed E-state index contributed by atoms with van der Waals surface area (Å²) < 4.78 is 4.43. The summed E-state index contributed by atoms with van der Waals surface area (Å²) in [5.74, 6) is 4.71. The molecule has 0 aliphatic carbocycles. The minimum atomic E-state index is 1.06. The Kier molecular flexibility index (Phi) is 5.04. The van der Waals surface area contributed by atoms with Gasteiger partial charge >= 0.3 is 0 Å². The molecule has 0 atom stereocenters. The van der Waals surface area contributed by atoms with E-state index in [1.165, 1.54) is 0 Å². The molecule has 0 spiro atoms. The SMILES string of the molecule is CN(OI)ONN. The predicted octanol–water partition coefficient (Wildman–Crippen LogP) is -0.490. The van der Waals surface area contributed by atoms with E-state index >= 15 is 0 Å². The first-order valence-electron chi connectivity index (χ1n) is 1.46. The second kappa shape index (κ2) is 4.68. The van der Waals surface area contributed by atoms with Crippen molar-refractivity contribution in [1.82, 2.24) is 10.8 Å². The van der Waals surface area contributed by atoms with Crippen LogP contribution in [0.15, 0.2) is 0 Å². The molecule has 44 valence electrons. The molecule has 0 aliphatic rings. The summed E-state index contributed by atoms with van der Waals surface area (Å²) in [6.45, 7) is 0. The van der Waals surface area contributed by atoms with E-state index < -0.39 is 0 Å².